The van der Waals surface area contributed by atoms with Crippen molar-refractivity contribution in [1.29, 1.82) is 0 Å². The molecule has 2 aromatic carbocycles. The molecule has 6 heteroatoms. The molecule has 3 N–H and O–H groups in total. The lowest BCUT2D eigenvalue weighted by molar-refractivity contribution is -0.143. The third kappa shape index (κ3) is 3.79. The fourth-order valence-corrected chi connectivity index (χ4v) is 2.74. The molecule has 5 nitrogen and oxygen atoms in total. The molecule has 24 heavy (non-hydrogen) atoms. The highest BCUT2D eigenvalue weighted by molar-refractivity contribution is 5.73. The summed E-state index contributed by atoms with van der Waals surface area (Å²) in [7, 11) is 0. The summed E-state index contributed by atoms with van der Waals surface area (Å²) in [6, 6.07) is 12.6. The van der Waals surface area contributed by atoms with E-state index in [9.17, 15) is 14.3 Å². The molecular weight excluding hydrogens is 313 g/mol. The maximum Gasteiger partial charge on any atom is 0.320 e. The Hall–Kier alpha value is -2.28. The van der Waals surface area contributed by atoms with Crippen molar-refractivity contribution in [2.24, 2.45) is 0 Å². The van der Waals surface area contributed by atoms with Crippen molar-refractivity contribution >= 4 is 5.97 Å². The first kappa shape index (κ1) is 16.6. The summed E-state index contributed by atoms with van der Waals surface area (Å²) < 4.78 is 18.5. The Kier molecular flexibility index (Phi) is 4.89. The second-order valence-electron chi connectivity index (χ2n) is 5.77. The normalized spacial score (nSPS) is 21.6. The molecule has 0 saturated carbocycles. The number of benzene rings is 2. The minimum absolute atomic E-state index is 0.288. The van der Waals surface area contributed by atoms with Crippen LogP contribution in [0.2, 0.25) is 0 Å². The molecule has 1 unspecified atom stereocenters. The molecular formula is C18H18FNO4. The molecule has 0 aromatic heterocycles. The zero-order valence-electron chi connectivity index (χ0n) is 12.9. The van der Waals surface area contributed by atoms with Gasteiger partial charge in [0.05, 0.1) is 6.10 Å². The van der Waals surface area contributed by atoms with Gasteiger partial charge in [0, 0.05) is 18.5 Å². The summed E-state index contributed by atoms with van der Waals surface area (Å²) >= 11 is 0. The number of halogens is 1. The molecule has 1 heterocycles. The van der Waals surface area contributed by atoms with Crippen LogP contribution in [0.4, 0.5) is 4.39 Å². The number of aliphatic hydroxyl groups excluding tert-OH is 1. The van der Waals surface area contributed by atoms with Crippen molar-refractivity contribution in [3.63, 3.8) is 0 Å². The molecule has 126 valence electrons. The number of aliphatic hydroxyl groups is 1. The van der Waals surface area contributed by atoms with Crippen LogP contribution in [0.1, 0.15) is 18.3 Å². The standard InChI is InChI=1S/C18H18FNO4/c19-14-7-5-12(6-8-14)11-1-3-13(4-2-11)18(23)24-15-9-16(17(21)22)20-10-15/h1-8,15-16,18,20,23H,9-10H2,(H,21,22)/t15-,16-,18?/m0/s1. The first-order chi connectivity index (χ1) is 11.5. The maximum atomic E-state index is 13.0. The van der Waals surface area contributed by atoms with Gasteiger partial charge in [-0.25, -0.2) is 4.39 Å². The summed E-state index contributed by atoms with van der Waals surface area (Å²) in [5.74, 6) is -1.21. The third-order valence-electron chi connectivity index (χ3n) is 4.08. The molecule has 3 rings (SSSR count). The van der Waals surface area contributed by atoms with E-state index in [0.717, 1.165) is 11.1 Å². The molecule has 3 atom stereocenters. The van der Waals surface area contributed by atoms with E-state index in [1.165, 1.54) is 12.1 Å². The van der Waals surface area contributed by atoms with Gasteiger partial charge in [0.1, 0.15) is 11.9 Å². The van der Waals surface area contributed by atoms with Gasteiger partial charge in [0.25, 0.3) is 0 Å². The summed E-state index contributed by atoms with van der Waals surface area (Å²) in [5.41, 5.74) is 2.36. The maximum absolute atomic E-state index is 13.0. The molecule has 1 saturated heterocycles. The zero-order chi connectivity index (χ0) is 17.1. The molecule has 0 amide bonds. The van der Waals surface area contributed by atoms with Crippen molar-refractivity contribution in [2.45, 2.75) is 24.9 Å². The summed E-state index contributed by atoms with van der Waals surface area (Å²) in [6.45, 7) is 0.391. The number of carboxylic acids is 1. The van der Waals surface area contributed by atoms with Gasteiger partial charge in [-0.2, -0.15) is 0 Å². The highest BCUT2D eigenvalue weighted by Gasteiger charge is 2.31. The van der Waals surface area contributed by atoms with Crippen LogP contribution >= 0.6 is 0 Å². The average molecular weight is 331 g/mol. The zero-order valence-corrected chi connectivity index (χ0v) is 12.9. The van der Waals surface area contributed by atoms with Gasteiger partial charge < -0.3 is 20.3 Å². The molecule has 0 radical (unpaired) electrons. The van der Waals surface area contributed by atoms with E-state index in [0.29, 0.717) is 18.5 Å². The second kappa shape index (κ2) is 7.09. The van der Waals surface area contributed by atoms with Gasteiger partial charge in [-0.3, -0.25) is 4.79 Å². The molecule has 1 aliphatic heterocycles. The van der Waals surface area contributed by atoms with Gasteiger partial charge in [0.15, 0.2) is 6.29 Å². The lowest BCUT2D eigenvalue weighted by atomic mass is 10.0. The first-order valence-corrected chi connectivity index (χ1v) is 7.68. The van der Waals surface area contributed by atoms with E-state index in [1.54, 1.807) is 24.3 Å². The van der Waals surface area contributed by atoms with E-state index in [4.69, 9.17) is 9.84 Å². The number of hydrogen-bond acceptors (Lipinski definition) is 4. The highest BCUT2D eigenvalue weighted by atomic mass is 19.1. The Morgan fingerprint density at radius 2 is 1.71 bits per heavy atom. The monoisotopic (exact) mass is 331 g/mol. The van der Waals surface area contributed by atoms with Crippen molar-refractivity contribution in [2.75, 3.05) is 6.54 Å². The Bertz CT molecular complexity index is 702. The number of ether oxygens (including phenoxy) is 1. The van der Waals surface area contributed by atoms with Crippen LogP contribution in [-0.2, 0) is 9.53 Å². The minimum Gasteiger partial charge on any atom is -0.480 e. The van der Waals surface area contributed by atoms with Gasteiger partial charge in [-0.15, -0.1) is 0 Å². The fourth-order valence-electron chi connectivity index (χ4n) is 2.74. The third-order valence-corrected chi connectivity index (χ3v) is 4.08. The summed E-state index contributed by atoms with van der Waals surface area (Å²) in [5, 5.41) is 21.9. The number of carboxylic acid groups (broad SMARTS) is 1. The minimum atomic E-state index is -1.12. The number of aliphatic carboxylic acids is 1. The second-order valence-corrected chi connectivity index (χ2v) is 5.77. The lowest BCUT2D eigenvalue weighted by Gasteiger charge is -2.17. The van der Waals surface area contributed by atoms with E-state index < -0.39 is 18.3 Å². The number of hydrogen-bond donors (Lipinski definition) is 3. The topological polar surface area (TPSA) is 78.8 Å². The van der Waals surface area contributed by atoms with Gasteiger partial charge >= 0.3 is 5.97 Å². The Morgan fingerprint density at radius 1 is 1.12 bits per heavy atom. The Labute approximate surface area is 138 Å². The quantitative estimate of drug-likeness (QED) is 0.733. The molecule has 2 aromatic rings. The van der Waals surface area contributed by atoms with Crippen LogP contribution in [-0.4, -0.2) is 34.9 Å². The predicted octanol–water partition coefficient (Wildman–Crippen LogP) is 2.32. The van der Waals surface area contributed by atoms with E-state index in [-0.39, 0.29) is 11.9 Å². The van der Waals surface area contributed by atoms with Gasteiger partial charge in [-0.1, -0.05) is 36.4 Å². The van der Waals surface area contributed by atoms with Crippen LogP contribution < -0.4 is 5.32 Å². The Balaban J connectivity index is 1.63. The first-order valence-electron chi connectivity index (χ1n) is 7.68. The summed E-state index contributed by atoms with van der Waals surface area (Å²) in [4.78, 5) is 10.9. The van der Waals surface area contributed by atoms with Crippen molar-refractivity contribution in [1.82, 2.24) is 5.32 Å². The van der Waals surface area contributed by atoms with Crippen LogP contribution in [0.3, 0.4) is 0 Å². The van der Waals surface area contributed by atoms with Crippen LogP contribution in [0.25, 0.3) is 11.1 Å². The number of rotatable bonds is 5. The number of nitrogens with one attached hydrogen (secondary N) is 1. The van der Waals surface area contributed by atoms with Gasteiger partial charge in [-0.05, 0) is 23.3 Å². The number of carbonyl (C=O) groups is 1. The van der Waals surface area contributed by atoms with E-state index >= 15 is 0 Å². The summed E-state index contributed by atoms with van der Waals surface area (Å²) in [6.07, 6.45) is -1.15. The van der Waals surface area contributed by atoms with E-state index in [1.807, 2.05) is 12.1 Å². The SMILES string of the molecule is O=C(O)[C@@H]1C[C@H](OC(O)c2ccc(-c3ccc(F)cc3)cc2)CN1. The fraction of sp³-hybridized carbons (Fsp3) is 0.278. The van der Waals surface area contributed by atoms with Crippen molar-refractivity contribution in [3.8, 4) is 11.1 Å². The highest BCUT2D eigenvalue weighted by Crippen LogP contribution is 2.25. The molecule has 0 bridgehead atoms. The molecule has 0 spiro atoms. The van der Waals surface area contributed by atoms with Crippen LogP contribution in [0, 0.1) is 5.82 Å². The largest absolute Gasteiger partial charge is 0.480 e. The average Bonchev–Trinajstić information content (AvgIpc) is 3.04. The molecule has 0 aliphatic carbocycles. The molecule has 1 fully saturated rings. The lowest BCUT2D eigenvalue weighted by Crippen LogP contribution is -2.30. The van der Waals surface area contributed by atoms with Crippen molar-refractivity contribution in [3.05, 3.63) is 59.9 Å². The van der Waals surface area contributed by atoms with Crippen molar-refractivity contribution < 1.29 is 24.1 Å². The van der Waals surface area contributed by atoms with Gasteiger partial charge in [0.2, 0.25) is 0 Å². The van der Waals surface area contributed by atoms with E-state index in [2.05, 4.69) is 5.32 Å². The Morgan fingerprint density at radius 3 is 2.25 bits per heavy atom. The predicted molar refractivity (Wildman–Crippen MR) is 85.7 cm³/mol. The van der Waals surface area contributed by atoms with Crippen LogP contribution in [0.5, 0.6) is 0 Å². The molecule has 1 aliphatic rings. The van der Waals surface area contributed by atoms with Crippen LogP contribution in [0.15, 0.2) is 48.5 Å². The smallest absolute Gasteiger partial charge is 0.320 e.